The number of nitrogens with zero attached hydrogens (tertiary/aromatic N) is 1. The van der Waals surface area contributed by atoms with E-state index in [2.05, 4.69) is 5.32 Å². The Labute approximate surface area is 176 Å². The summed E-state index contributed by atoms with van der Waals surface area (Å²) in [7, 11) is 0. The molecule has 3 N–H and O–H groups in total. The SMILES string of the molecule is O=C(O)CCCNC(=O)CCCN1C(=O)/C(=C/c2cc(Cl)ccc2O)SC1=S. The van der Waals surface area contributed by atoms with E-state index in [1.165, 1.54) is 17.0 Å². The van der Waals surface area contributed by atoms with Crippen LogP contribution in [0.25, 0.3) is 6.08 Å². The lowest BCUT2D eigenvalue weighted by Gasteiger charge is -2.14. The third kappa shape index (κ3) is 6.50. The van der Waals surface area contributed by atoms with E-state index in [-0.39, 0.29) is 30.4 Å². The molecular formula is C18H19ClN2O5S2. The second-order valence-corrected chi connectivity index (χ2v) is 8.10. The van der Waals surface area contributed by atoms with Gasteiger partial charge in [0, 0.05) is 36.5 Å². The van der Waals surface area contributed by atoms with Gasteiger partial charge in [-0.2, -0.15) is 0 Å². The van der Waals surface area contributed by atoms with Gasteiger partial charge in [0.2, 0.25) is 5.91 Å². The maximum Gasteiger partial charge on any atom is 0.303 e. The van der Waals surface area contributed by atoms with Gasteiger partial charge in [0.1, 0.15) is 10.1 Å². The third-order valence-electron chi connectivity index (χ3n) is 3.82. The molecule has 1 fully saturated rings. The molecule has 7 nitrogen and oxygen atoms in total. The van der Waals surface area contributed by atoms with Gasteiger partial charge in [-0.05, 0) is 37.1 Å². The molecule has 0 saturated carbocycles. The number of benzene rings is 1. The van der Waals surface area contributed by atoms with Crippen LogP contribution in [0.3, 0.4) is 0 Å². The van der Waals surface area contributed by atoms with Crippen molar-refractivity contribution in [1.29, 1.82) is 0 Å². The monoisotopic (exact) mass is 442 g/mol. The molecule has 1 aromatic rings. The van der Waals surface area contributed by atoms with Crippen LogP contribution in [0.2, 0.25) is 5.02 Å². The van der Waals surface area contributed by atoms with Gasteiger partial charge in [-0.25, -0.2) is 0 Å². The predicted molar refractivity (Wildman–Crippen MR) is 112 cm³/mol. The van der Waals surface area contributed by atoms with Crippen LogP contribution in [-0.2, 0) is 14.4 Å². The van der Waals surface area contributed by atoms with Crippen molar-refractivity contribution in [3.05, 3.63) is 33.7 Å². The van der Waals surface area contributed by atoms with Crippen molar-refractivity contribution in [3.8, 4) is 5.75 Å². The Hall–Kier alpha value is -2.10. The number of carboxylic acids is 1. The summed E-state index contributed by atoms with van der Waals surface area (Å²) in [5, 5.41) is 21.5. The first-order valence-corrected chi connectivity index (χ1v) is 10.1. The highest BCUT2D eigenvalue weighted by molar-refractivity contribution is 8.26. The van der Waals surface area contributed by atoms with Crippen molar-refractivity contribution in [2.24, 2.45) is 0 Å². The molecule has 0 aromatic heterocycles. The third-order valence-corrected chi connectivity index (χ3v) is 5.44. The fourth-order valence-corrected chi connectivity index (χ4v) is 3.91. The molecule has 0 aliphatic carbocycles. The van der Waals surface area contributed by atoms with Crippen molar-refractivity contribution >= 4 is 63.8 Å². The maximum atomic E-state index is 12.5. The number of carboxylic acid groups (broad SMARTS) is 1. The van der Waals surface area contributed by atoms with E-state index in [1.54, 1.807) is 12.1 Å². The molecule has 1 heterocycles. The van der Waals surface area contributed by atoms with Crippen LogP contribution < -0.4 is 5.32 Å². The van der Waals surface area contributed by atoms with E-state index in [1.807, 2.05) is 0 Å². The van der Waals surface area contributed by atoms with Crippen molar-refractivity contribution in [1.82, 2.24) is 10.2 Å². The van der Waals surface area contributed by atoms with E-state index >= 15 is 0 Å². The second kappa shape index (κ2) is 10.4. The zero-order chi connectivity index (χ0) is 20.7. The highest BCUT2D eigenvalue weighted by Gasteiger charge is 2.31. The number of carbonyl (C=O) groups is 3. The average Bonchev–Trinajstić information content (AvgIpc) is 2.89. The minimum absolute atomic E-state index is 0.00530. The molecule has 10 heteroatoms. The molecule has 1 saturated heterocycles. The maximum absolute atomic E-state index is 12.5. The number of hydrogen-bond donors (Lipinski definition) is 3. The summed E-state index contributed by atoms with van der Waals surface area (Å²) in [6.07, 6.45) is 2.54. The molecule has 2 amide bonds. The fourth-order valence-electron chi connectivity index (χ4n) is 2.43. The van der Waals surface area contributed by atoms with Crippen LogP contribution in [0, 0.1) is 0 Å². The second-order valence-electron chi connectivity index (χ2n) is 5.99. The quantitative estimate of drug-likeness (QED) is 0.306. The summed E-state index contributed by atoms with van der Waals surface area (Å²) in [5.41, 5.74) is 0.425. The molecule has 0 spiro atoms. The minimum atomic E-state index is -0.900. The summed E-state index contributed by atoms with van der Waals surface area (Å²) >= 11 is 12.3. The number of thiocarbonyl (C=S) groups is 1. The van der Waals surface area contributed by atoms with E-state index < -0.39 is 5.97 Å². The van der Waals surface area contributed by atoms with Crippen LogP contribution in [0.15, 0.2) is 23.1 Å². The van der Waals surface area contributed by atoms with Crippen LogP contribution in [0.5, 0.6) is 5.75 Å². The lowest BCUT2D eigenvalue weighted by molar-refractivity contribution is -0.137. The topological polar surface area (TPSA) is 107 Å². The van der Waals surface area contributed by atoms with Gasteiger partial charge in [0.25, 0.3) is 5.91 Å². The van der Waals surface area contributed by atoms with Crippen molar-refractivity contribution in [3.63, 3.8) is 0 Å². The highest BCUT2D eigenvalue weighted by atomic mass is 35.5. The largest absolute Gasteiger partial charge is 0.507 e. The van der Waals surface area contributed by atoms with Gasteiger partial charge in [0.05, 0.1) is 4.91 Å². The predicted octanol–water partition coefficient (Wildman–Crippen LogP) is 3.01. The highest BCUT2D eigenvalue weighted by Crippen LogP contribution is 2.34. The normalized spacial score (nSPS) is 15.3. The number of rotatable bonds is 9. The summed E-state index contributed by atoms with van der Waals surface area (Å²) in [6.45, 7) is 0.601. The number of nitrogens with one attached hydrogen (secondary N) is 1. The lowest BCUT2D eigenvalue weighted by atomic mass is 10.2. The number of aliphatic carboxylic acids is 1. The number of halogens is 1. The average molecular weight is 443 g/mol. The summed E-state index contributed by atoms with van der Waals surface area (Å²) in [5.74, 6) is -1.37. The van der Waals surface area contributed by atoms with Gasteiger partial charge >= 0.3 is 5.97 Å². The Balaban J connectivity index is 1.85. The summed E-state index contributed by atoms with van der Waals surface area (Å²) in [6, 6.07) is 4.55. The van der Waals surface area contributed by atoms with Crippen LogP contribution in [0.4, 0.5) is 0 Å². The zero-order valence-corrected chi connectivity index (χ0v) is 17.2. The van der Waals surface area contributed by atoms with Gasteiger partial charge < -0.3 is 15.5 Å². The molecule has 2 rings (SSSR count). The molecule has 0 unspecified atom stereocenters. The molecule has 150 valence electrons. The zero-order valence-electron chi connectivity index (χ0n) is 14.8. The molecule has 1 aliphatic heterocycles. The van der Waals surface area contributed by atoms with E-state index in [0.717, 1.165) is 11.8 Å². The van der Waals surface area contributed by atoms with E-state index in [4.69, 9.17) is 28.9 Å². The lowest BCUT2D eigenvalue weighted by Crippen LogP contribution is -2.31. The first-order valence-electron chi connectivity index (χ1n) is 8.50. The number of carbonyl (C=O) groups excluding carboxylic acids is 2. The Morgan fingerprint density at radius 3 is 2.75 bits per heavy atom. The van der Waals surface area contributed by atoms with Gasteiger partial charge in [0.15, 0.2) is 0 Å². The standard InChI is InChI=1S/C18H19ClN2O5S2/c19-12-5-6-13(22)11(9-12)10-14-17(26)21(18(27)28-14)8-2-3-15(23)20-7-1-4-16(24)25/h5-6,9-10,22H,1-4,7-8H2,(H,20,23)(H,24,25)/b14-10-. The molecule has 1 aromatic carbocycles. The first kappa shape index (κ1) is 22.2. The summed E-state index contributed by atoms with van der Waals surface area (Å²) < 4.78 is 0.389. The number of amides is 2. The molecular weight excluding hydrogens is 424 g/mol. The van der Waals surface area contributed by atoms with E-state index in [9.17, 15) is 19.5 Å². The Morgan fingerprint density at radius 2 is 2.04 bits per heavy atom. The van der Waals surface area contributed by atoms with Gasteiger partial charge in [-0.15, -0.1) is 0 Å². The molecule has 28 heavy (non-hydrogen) atoms. The number of aromatic hydroxyl groups is 1. The molecule has 0 bridgehead atoms. The Bertz CT molecular complexity index is 828. The molecule has 1 aliphatic rings. The first-order chi connectivity index (χ1) is 13.3. The summed E-state index contributed by atoms with van der Waals surface area (Å²) in [4.78, 5) is 36.5. The van der Waals surface area contributed by atoms with Crippen LogP contribution >= 0.6 is 35.6 Å². The van der Waals surface area contributed by atoms with E-state index in [0.29, 0.717) is 45.7 Å². The van der Waals surface area contributed by atoms with Crippen LogP contribution in [0.1, 0.15) is 31.2 Å². The minimum Gasteiger partial charge on any atom is -0.507 e. The Morgan fingerprint density at radius 1 is 1.29 bits per heavy atom. The fraction of sp³-hybridized carbons (Fsp3) is 0.333. The van der Waals surface area contributed by atoms with Gasteiger partial charge in [-0.1, -0.05) is 35.6 Å². The van der Waals surface area contributed by atoms with Crippen molar-refractivity contribution in [2.75, 3.05) is 13.1 Å². The smallest absolute Gasteiger partial charge is 0.303 e. The van der Waals surface area contributed by atoms with Crippen LogP contribution in [-0.4, -0.2) is 50.3 Å². The number of phenols is 1. The van der Waals surface area contributed by atoms with Crippen molar-refractivity contribution in [2.45, 2.75) is 25.7 Å². The van der Waals surface area contributed by atoms with Crippen molar-refractivity contribution < 1.29 is 24.6 Å². The molecule has 0 atom stereocenters. The molecule has 0 radical (unpaired) electrons. The number of thioether (sulfide) groups is 1. The number of hydrogen-bond acceptors (Lipinski definition) is 6. The Kier molecular flexibility index (Phi) is 8.28. The van der Waals surface area contributed by atoms with Gasteiger partial charge in [-0.3, -0.25) is 19.3 Å². The number of phenolic OH excluding ortho intramolecular Hbond substituents is 1.